The molecule has 4 aliphatic rings. The number of carboxylic acids is 1. The van der Waals surface area contributed by atoms with Gasteiger partial charge in [0, 0.05) is 11.4 Å². The van der Waals surface area contributed by atoms with Crippen molar-refractivity contribution in [1.29, 1.82) is 0 Å². The minimum atomic E-state index is -0.808. The predicted octanol–water partition coefficient (Wildman–Crippen LogP) is 2.67. The molecule has 5 rings (SSSR count). The first kappa shape index (κ1) is 14.1. The summed E-state index contributed by atoms with van der Waals surface area (Å²) in [7, 11) is 0. The van der Waals surface area contributed by atoms with Gasteiger partial charge in [-0.25, -0.2) is 0 Å². The van der Waals surface area contributed by atoms with E-state index in [4.69, 9.17) is 4.74 Å². The quantitative estimate of drug-likeness (QED) is 0.859. The second kappa shape index (κ2) is 4.74. The molecule has 0 aromatic heterocycles. The summed E-state index contributed by atoms with van der Waals surface area (Å²) in [6, 6.07) is 8.37. The molecule has 0 heterocycles. The molecule has 3 heteroatoms. The van der Waals surface area contributed by atoms with Gasteiger partial charge in [-0.3, -0.25) is 0 Å². The Morgan fingerprint density at radius 3 is 2.36 bits per heavy atom. The molecule has 118 valence electrons. The maximum absolute atomic E-state index is 11.8. The van der Waals surface area contributed by atoms with E-state index >= 15 is 0 Å². The first-order chi connectivity index (χ1) is 10.6. The third-order valence-electron chi connectivity index (χ3n) is 6.27. The standard InChI is InChI=1S/C19H24O3/c1-2-22-16-5-3-15(4-6-16)18-8-13-7-14(9-18)11-19(10-13,12-18)17(20)21/h3-6,13-14H,2,7-12H2,1H3,(H,20,21)/p-1/t13-,14+,18?,19?. The van der Waals surface area contributed by atoms with E-state index in [1.165, 1.54) is 12.0 Å². The lowest BCUT2D eigenvalue weighted by molar-refractivity contribution is -0.327. The number of rotatable bonds is 4. The van der Waals surface area contributed by atoms with Crippen molar-refractivity contribution in [2.45, 2.75) is 50.9 Å². The number of ether oxygens (including phenoxy) is 1. The summed E-state index contributed by atoms with van der Waals surface area (Å²) in [5.74, 6) is 1.21. The smallest absolute Gasteiger partial charge is 0.119 e. The normalized spacial score (nSPS) is 39.0. The maximum atomic E-state index is 11.8. The van der Waals surface area contributed by atoms with Crippen LogP contribution in [0.15, 0.2) is 24.3 Å². The monoisotopic (exact) mass is 299 g/mol. The first-order valence-electron chi connectivity index (χ1n) is 8.50. The molecule has 4 aliphatic carbocycles. The fourth-order valence-corrected chi connectivity index (χ4v) is 5.91. The average Bonchev–Trinajstić information content (AvgIpc) is 2.47. The van der Waals surface area contributed by atoms with Crippen LogP contribution >= 0.6 is 0 Å². The fourth-order valence-electron chi connectivity index (χ4n) is 5.91. The number of carbonyl (C=O) groups excluding carboxylic acids is 1. The van der Waals surface area contributed by atoms with Gasteiger partial charge in [0.25, 0.3) is 0 Å². The Hall–Kier alpha value is -1.51. The van der Waals surface area contributed by atoms with Crippen LogP contribution in [0.2, 0.25) is 0 Å². The number of aliphatic carboxylic acids is 1. The molecule has 0 spiro atoms. The third-order valence-corrected chi connectivity index (χ3v) is 6.27. The number of carboxylic acid groups (broad SMARTS) is 1. The molecule has 1 aromatic carbocycles. The Morgan fingerprint density at radius 1 is 1.18 bits per heavy atom. The van der Waals surface area contributed by atoms with E-state index in [9.17, 15) is 9.90 Å². The molecule has 2 unspecified atom stereocenters. The van der Waals surface area contributed by atoms with Gasteiger partial charge in [0.2, 0.25) is 0 Å². The molecule has 4 bridgehead atoms. The Bertz CT molecular complexity index is 575. The summed E-state index contributed by atoms with van der Waals surface area (Å²) in [4.78, 5) is 11.8. The number of hydrogen-bond donors (Lipinski definition) is 0. The van der Waals surface area contributed by atoms with E-state index in [1.54, 1.807) is 0 Å². The zero-order valence-electron chi connectivity index (χ0n) is 13.1. The van der Waals surface area contributed by atoms with Crippen molar-refractivity contribution < 1.29 is 14.6 Å². The SMILES string of the molecule is CCOc1ccc(C23C[C@@H]4C[C@@H](CC(C(=O)[O-])(C4)C2)C3)cc1. The Balaban J connectivity index is 1.70. The van der Waals surface area contributed by atoms with Crippen LogP contribution in [0.5, 0.6) is 5.75 Å². The van der Waals surface area contributed by atoms with Crippen molar-refractivity contribution in [3.05, 3.63) is 29.8 Å². The van der Waals surface area contributed by atoms with Crippen molar-refractivity contribution in [2.24, 2.45) is 17.3 Å². The summed E-state index contributed by atoms with van der Waals surface area (Å²) in [5, 5.41) is 11.8. The van der Waals surface area contributed by atoms with E-state index in [-0.39, 0.29) is 5.41 Å². The van der Waals surface area contributed by atoms with Crippen LogP contribution in [0.3, 0.4) is 0 Å². The van der Waals surface area contributed by atoms with Crippen LogP contribution in [0, 0.1) is 17.3 Å². The molecule has 3 nitrogen and oxygen atoms in total. The van der Waals surface area contributed by atoms with Gasteiger partial charge in [-0.15, -0.1) is 0 Å². The number of hydrogen-bond acceptors (Lipinski definition) is 3. The van der Waals surface area contributed by atoms with Crippen LogP contribution in [0.1, 0.15) is 51.0 Å². The van der Waals surface area contributed by atoms with Gasteiger partial charge >= 0.3 is 0 Å². The van der Waals surface area contributed by atoms with E-state index in [1.807, 2.05) is 19.1 Å². The van der Waals surface area contributed by atoms with Crippen molar-refractivity contribution >= 4 is 5.97 Å². The molecule has 0 amide bonds. The van der Waals surface area contributed by atoms with Gasteiger partial charge in [0.15, 0.2) is 0 Å². The topological polar surface area (TPSA) is 49.4 Å². The van der Waals surface area contributed by atoms with Crippen LogP contribution in [-0.4, -0.2) is 12.6 Å². The molecule has 0 N–H and O–H groups in total. The van der Waals surface area contributed by atoms with Crippen molar-refractivity contribution in [2.75, 3.05) is 6.61 Å². The summed E-state index contributed by atoms with van der Waals surface area (Å²) in [5.41, 5.74) is 0.785. The molecule has 0 saturated heterocycles. The van der Waals surface area contributed by atoms with Gasteiger partial charge in [-0.1, -0.05) is 12.1 Å². The molecule has 0 aliphatic heterocycles. The molecular weight excluding hydrogens is 276 g/mol. The lowest BCUT2D eigenvalue weighted by Gasteiger charge is -2.62. The Kier molecular flexibility index (Phi) is 3.04. The van der Waals surface area contributed by atoms with Crippen LogP contribution in [-0.2, 0) is 10.2 Å². The molecule has 4 saturated carbocycles. The maximum Gasteiger partial charge on any atom is 0.119 e. The number of benzene rings is 1. The van der Waals surface area contributed by atoms with Crippen molar-refractivity contribution in [3.63, 3.8) is 0 Å². The zero-order valence-corrected chi connectivity index (χ0v) is 13.1. The van der Waals surface area contributed by atoms with Gasteiger partial charge in [-0.05, 0) is 80.4 Å². The van der Waals surface area contributed by atoms with Crippen LogP contribution < -0.4 is 9.84 Å². The van der Waals surface area contributed by atoms with Gasteiger partial charge in [-0.2, -0.15) is 0 Å². The highest BCUT2D eigenvalue weighted by molar-refractivity contribution is 5.73. The Morgan fingerprint density at radius 2 is 1.82 bits per heavy atom. The van der Waals surface area contributed by atoms with Gasteiger partial charge in [0.05, 0.1) is 6.61 Å². The van der Waals surface area contributed by atoms with E-state index in [0.717, 1.165) is 37.9 Å². The fraction of sp³-hybridized carbons (Fsp3) is 0.632. The largest absolute Gasteiger partial charge is 0.550 e. The van der Waals surface area contributed by atoms with Gasteiger partial charge in [0.1, 0.15) is 5.75 Å². The summed E-state index contributed by atoms with van der Waals surface area (Å²) < 4.78 is 5.53. The Labute approximate surface area is 131 Å². The van der Waals surface area contributed by atoms with Crippen molar-refractivity contribution in [3.8, 4) is 5.75 Å². The summed E-state index contributed by atoms with van der Waals surface area (Å²) in [6.07, 6.45) is 5.95. The average molecular weight is 299 g/mol. The molecule has 4 fully saturated rings. The third kappa shape index (κ3) is 1.98. The highest BCUT2D eigenvalue weighted by atomic mass is 16.5. The zero-order chi connectivity index (χ0) is 15.4. The molecule has 4 atom stereocenters. The van der Waals surface area contributed by atoms with Crippen LogP contribution in [0.25, 0.3) is 0 Å². The second-order valence-corrected chi connectivity index (χ2v) is 7.77. The van der Waals surface area contributed by atoms with Crippen LogP contribution in [0.4, 0.5) is 0 Å². The minimum absolute atomic E-state index is 0.0505. The van der Waals surface area contributed by atoms with E-state index in [0.29, 0.717) is 18.4 Å². The van der Waals surface area contributed by atoms with Crippen molar-refractivity contribution in [1.82, 2.24) is 0 Å². The summed E-state index contributed by atoms with van der Waals surface area (Å²) in [6.45, 7) is 2.65. The molecule has 0 radical (unpaired) electrons. The summed E-state index contributed by atoms with van der Waals surface area (Å²) >= 11 is 0. The minimum Gasteiger partial charge on any atom is -0.550 e. The van der Waals surface area contributed by atoms with E-state index in [2.05, 4.69) is 12.1 Å². The van der Waals surface area contributed by atoms with E-state index < -0.39 is 11.4 Å². The molecule has 22 heavy (non-hydrogen) atoms. The van der Waals surface area contributed by atoms with Gasteiger partial charge < -0.3 is 14.6 Å². The highest BCUT2D eigenvalue weighted by Crippen LogP contribution is 2.65. The second-order valence-electron chi connectivity index (χ2n) is 7.77. The molecule has 1 aromatic rings. The lowest BCUT2D eigenvalue weighted by Crippen LogP contribution is -2.59. The molecular formula is C19H23O3-. The predicted molar refractivity (Wildman–Crippen MR) is 81.4 cm³/mol. The highest BCUT2D eigenvalue weighted by Gasteiger charge is 2.58. The first-order valence-corrected chi connectivity index (χ1v) is 8.50. The lowest BCUT2D eigenvalue weighted by atomic mass is 9.43. The number of carbonyl (C=O) groups is 1.